The number of thiazole rings is 1. The molecule has 1 aromatic carbocycles. The minimum atomic E-state index is -0.113. The molecule has 0 unspecified atom stereocenters. The summed E-state index contributed by atoms with van der Waals surface area (Å²) in [6, 6.07) is 7.41. The van der Waals surface area contributed by atoms with Gasteiger partial charge in [-0.05, 0) is 61.6 Å². The lowest BCUT2D eigenvalue weighted by Gasteiger charge is -2.06. The number of aryl methyl sites for hydroxylation is 1. The molecular formula is C21H25ClN6OS3. The fourth-order valence-electron chi connectivity index (χ4n) is 2.57. The molecular weight excluding hydrogens is 484 g/mol. The van der Waals surface area contributed by atoms with E-state index in [2.05, 4.69) is 33.1 Å². The first kappa shape index (κ1) is 25.9. The van der Waals surface area contributed by atoms with Crippen LogP contribution in [0.1, 0.15) is 48.7 Å². The highest BCUT2D eigenvalue weighted by atomic mass is 35.5. The van der Waals surface area contributed by atoms with Gasteiger partial charge in [0.25, 0.3) is 0 Å². The Kier molecular flexibility index (Phi) is 10.7. The van der Waals surface area contributed by atoms with Gasteiger partial charge in [0, 0.05) is 11.4 Å². The van der Waals surface area contributed by atoms with E-state index in [4.69, 9.17) is 41.8 Å². The number of halogens is 1. The van der Waals surface area contributed by atoms with Gasteiger partial charge in [-0.3, -0.25) is 10.2 Å². The third kappa shape index (κ3) is 8.99. The van der Waals surface area contributed by atoms with Gasteiger partial charge in [-0.15, -0.1) is 0 Å². The van der Waals surface area contributed by atoms with Crippen molar-refractivity contribution in [3.63, 3.8) is 0 Å². The highest BCUT2D eigenvalue weighted by Gasteiger charge is 2.14. The lowest BCUT2D eigenvalue weighted by Crippen LogP contribution is -2.33. The van der Waals surface area contributed by atoms with Crippen LogP contribution in [0, 0.1) is 6.92 Å². The fraction of sp³-hybridized carbons (Fsp3) is 0.286. The third-order valence-corrected chi connectivity index (χ3v) is 5.74. The Bertz CT molecular complexity index is 1020. The molecule has 2 rings (SSSR count). The van der Waals surface area contributed by atoms with Gasteiger partial charge in [0.05, 0.1) is 10.6 Å². The highest BCUT2D eigenvalue weighted by Crippen LogP contribution is 2.24. The SMILES string of the molecule is CCCCCC(=O)NC(=S)Nc1nc(C)c(C(/C=C/c2ccc(Cl)cc2)=N/NC(N)=S)s1. The van der Waals surface area contributed by atoms with Crippen LogP contribution >= 0.6 is 47.4 Å². The van der Waals surface area contributed by atoms with Crippen LogP contribution in [-0.2, 0) is 4.79 Å². The number of carbonyl (C=O) groups is 1. The van der Waals surface area contributed by atoms with E-state index in [1.165, 1.54) is 11.3 Å². The molecule has 7 nitrogen and oxygen atoms in total. The number of hydrogen-bond donors (Lipinski definition) is 4. The molecule has 170 valence electrons. The lowest BCUT2D eigenvalue weighted by atomic mass is 10.1. The molecule has 1 aromatic heterocycles. The number of nitrogens with zero attached hydrogens (tertiary/aromatic N) is 2. The van der Waals surface area contributed by atoms with E-state index in [1.54, 1.807) is 0 Å². The summed E-state index contributed by atoms with van der Waals surface area (Å²) in [5, 5.41) is 11.4. The molecule has 5 N–H and O–H groups in total. The van der Waals surface area contributed by atoms with Gasteiger partial charge < -0.3 is 16.4 Å². The number of benzene rings is 1. The van der Waals surface area contributed by atoms with Crippen molar-refractivity contribution in [2.45, 2.75) is 39.5 Å². The molecule has 0 saturated heterocycles. The summed E-state index contributed by atoms with van der Waals surface area (Å²) < 4.78 is 0. The molecule has 0 radical (unpaired) electrons. The van der Waals surface area contributed by atoms with E-state index >= 15 is 0 Å². The number of hydrogen-bond acceptors (Lipinski definition) is 6. The molecule has 11 heteroatoms. The second kappa shape index (κ2) is 13.2. The number of carbonyl (C=O) groups excluding carboxylic acids is 1. The molecule has 2 aromatic rings. The molecule has 0 aliphatic carbocycles. The van der Waals surface area contributed by atoms with Crippen molar-refractivity contribution in [1.29, 1.82) is 0 Å². The number of hydrazone groups is 1. The van der Waals surface area contributed by atoms with Crippen molar-refractivity contribution in [2.75, 3.05) is 5.32 Å². The second-order valence-corrected chi connectivity index (χ2v) is 9.03. The monoisotopic (exact) mass is 508 g/mol. The van der Waals surface area contributed by atoms with E-state index in [0.29, 0.717) is 22.3 Å². The van der Waals surface area contributed by atoms with E-state index in [9.17, 15) is 4.79 Å². The summed E-state index contributed by atoms with van der Waals surface area (Å²) >= 11 is 17.4. The normalized spacial score (nSPS) is 11.4. The molecule has 32 heavy (non-hydrogen) atoms. The summed E-state index contributed by atoms with van der Waals surface area (Å²) in [5.74, 6) is -0.113. The predicted molar refractivity (Wildman–Crippen MR) is 142 cm³/mol. The quantitative estimate of drug-likeness (QED) is 0.168. The summed E-state index contributed by atoms with van der Waals surface area (Å²) in [4.78, 5) is 17.2. The summed E-state index contributed by atoms with van der Waals surface area (Å²) in [5.41, 5.74) is 10.4. The highest BCUT2D eigenvalue weighted by molar-refractivity contribution is 7.80. The standard InChI is InChI=1S/C21H25ClN6OS3/c1-3-4-5-6-17(29)25-20(31)26-21-24-13(2)18(32-21)16(27-28-19(23)30)12-9-14-7-10-15(22)11-8-14/h7-12H,3-6H2,1-2H3,(H3,23,28,30)(H2,24,25,26,29,31)/b12-9+,27-16+. The summed E-state index contributed by atoms with van der Waals surface area (Å²) in [6.45, 7) is 3.95. The molecule has 0 saturated carbocycles. The summed E-state index contributed by atoms with van der Waals surface area (Å²) in [7, 11) is 0. The summed E-state index contributed by atoms with van der Waals surface area (Å²) in [6.07, 6.45) is 7.05. The molecule has 1 heterocycles. The van der Waals surface area contributed by atoms with Crippen molar-refractivity contribution < 1.29 is 4.79 Å². The number of aromatic nitrogens is 1. The Morgan fingerprint density at radius 3 is 2.66 bits per heavy atom. The maximum absolute atomic E-state index is 12.0. The minimum absolute atomic E-state index is 0.0508. The van der Waals surface area contributed by atoms with Crippen molar-refractivity contribution in [2.24, 2.45) is 10.8 Å². The smallest absolute Gasteiger partial charge is 0.226 e. The van der Waals surface area contributed by atoms with E-state index in [1.807, 2.05) is 43.3 Å². The van der Waals surface area contributed by atoms with Crippen molar-refractivity contribution in [3.05, 3.63) is 51.5 Å². The van der Waals surface area contributed by atoms with Gasteiger partial charge in [-0.1, -0.05) is 60.9 Å². The number of nitrogens with two attached hydrogens (primary N) is 1. The fourth-order valence-corrected chi connectivity index (χ4v) is 3.96. The number of allylic oxidation sites excluding steroid dienone is 1. The van der Waals surface area contributed by atoms with Crippen LogP contribution in [0.4, 0.5) is 5.13 Å². The molecule has 0 fully saturated rings. The first-order valence-electron chi connectivity index (χ1n) is 9.94. The molecule has 0 aliphatic heterocycles. The maximum atomic E-state index is 12.0. The van der Waals surface area contributed by atoms with Gasteiger partial charge in [0.15, 0.2) is 15.4 Å². The first-order valence-corrected chi connectivity index (χ1v) is 11.9. The zero-order valence-corrected chi connectivity index (χ0v) is 21.0. The Morgan fingerprint density at radius 2 is 2.00 bits per heavy atom. The Balaban J connectivity index is 2.14. The molecule has 0 bridgehead atoms. The third-order valence-electron chi connectivity index (χ3n) is 4.10. The van der Waals surface area contributed by atoms with Crippen LogP contribution in [0.3, 0.4) is 0 Å². The van der Waals surface area contributed by atoms with E-state index in [0.717, 1.165) is 35.4 Å². The number of rotatable bonds is 9. The zero-order valence-electron chi connectivity index (χ0n) is 17.8. The number of unbranched alkanes of at least 4 members (excludes halogenated alkanes) is 2. The maximum Gasteiger partial charge on any atom is 0.226 e. The van der Waals surface area contributed by atoms with Crippen LogP contribution in [0.5, 0.6) is 0 Å². The van der Waals surface area contributed by atoms with E-state index < -0.39 is 0 Å². The number of anilines is 1. The van der Waals surface area contributed by atoms with Gasteiger partial charge in [0.1, 0.15) is 5.71 Å². The van der Waals surface area contributed by atoms with Gasteiger partial charge in [-0.2, -0.15) is 5.10 Å². The molecule has 0 aliphatic rings. The zero-order chi connectivity index (χ0) is 23.5. The van der Waals surface area contributed by atoms with Crippen LogP contribution in [0.25, 0.3) is 6.08 Å². The van der Waals surface area contributed by atoms with Crippen LogP contribution in [-0.4, -0.2) is 26.8 Å². The van der Waals surface area contributed by atoms with Crippen LogP contribution in [0.15, 0.2) is 35.4 Å². The largest absolute Gasteiger partial charge is 0.375 e. The predicted octanol–water partition coefficient (Wildman–Crippen LogP) is 4.75. The van der Waals surface area contributed by atoms with Gasteiger partial charge in [-0.25, -0.2) is 4.98 Å². The van der Waals surface area contributed by atoms with Crippen molar-refractivity contribution in [1.82, 2.24) is 15.7 Å². The van der Waals surface area contributed by atoms with Crippen LogP contribution < -0.4 is 21.8 Å². The molecule has 0 atom stereocenters. The lowest BCUT2D eigenvalue weighted by molar-refractivity contribution is -0.119. The number of amides is 1. The van der Waals surface area contributed by atoms with Crippen molar-refractivity contribution in [3.8, 4) is 0 Å². The molecule has 1 amide bonds. The average Bonchev–Trinajstić information content (AvgIpc) is 3.08. The van der Waals surface area contributed by atoms with Crippen LogP contribution in [0.2, 0.25) is 5.02 Å². The Hall–Kier alpha value is -2.40. The van der Waals surface area contributed by atoms with Gasteiger partial charge >= 0.3 is 0 Å². The first-order chi connectivity index (χ1) is 15.3. The Morgan fingerprint density at radius 1 is 1.28 bits per heavy atom. The second-order valence-electron chi connectivity index (χ2n) is 6.75. The Labute approximate surface area is 207 Å². The topological polar surface area (TPSA) is 104 Å². The number of nitrogens with one attached hydrogen (secondary N) is 3. The minimum Gasteiger partial charge on any atom is -0.375 e. The average molecular weight is 509 g/mol. The van der Waals surface area contributed by atoms with Crippen molar-refractivity contribution >= 4 is 80.4 Å². The number of thiocarbonyl (C=S) groups is 2. The van der Waals surface area contributed by atoms with Gasteiger partial charge in [0.2, 0.25) is 5.91 Å². The molecule has 0 spiro atoms. The van der Waals surface area contributed by atoms with E-state index in [-0.39, 0.29) is 16.1 Å².